The molecular formula is C27H37NO4. The predicted octanol–water partition coefficient (Wildman–Crippen LogP) is 5.69. The minimum Gasteiger partial charge on any atom is -0.458 e. The number of carbonyl (C=O) groups excluding carboxylic acids is 2. The molecule has 3 rings (SSSR count). The van der Waals surface area contributed by atoms with E-state index in [1.165, 1.54) is 5.57 Å². The minimum atomic E-state index is -0.588. The Balaban J connectivity index is 1.82. The molecule has 1 fully saturated rings. The van der Waals surface area contributed by atoms with Crippen LogP contribution in [0.5, 0.6) is 0 Å². The minimum absolute atomic E-state index is 0.143. The van der Waals surface area contributed by atoms with Crippen LogP contribution in [-0.2, 0) is 20.7 Å². The Hall–Kier alpha value is -2.56. The number of ether oxygens (including phenoxy) is 2. The van der Waals surface area contributed by atoms with Crippen molar-refractivity contribution < 1.29 is 19.1 Å². The van der Waals surface area contributed by atoms with Crippen molar-refractivity contribution >= 4 is 17.6 Å². The number of hydrogen-bond acceptors (Lipinski definition) is 4. The molecule has 0 aromatic heterocycles. The summed E-state index contributed by atoms with van der Waals surface area (Å²) in [7, 11) is 0. The third-order valence-corrected chi connectivity index (χ3v) is 6.41. The van der Waals surface area contributed by atoms with Gasteiger partial charge in [-0.3, -0.25) is 0 Å². The Morgan fingerprint density at radius 2 is 1.84 bits per heavy atom. The fraction of sp³-hybridized carbons (Fsp3) is 0.556. The molecule has 0 bridgehead atoms. The van der Waals surface area contributed by atoms with Gasteiger partial charge in [-0.1, -0.05) is 57.2 Å². The van der Waals surface area contributed by atoms with Crippen LogP contribution in [0.15, 0.2) is 42.5 Å². The highest BCUT2D eigenvalue weighted by atomic mass is 16.6. The van der Waals surface area contributed by atoms with E-state index in [4.69, 9.17) is 9.47 Å². The lowest BCUT2D eigenvalue weighted by Crippen LogP contribution is -2.41. The Labute approximate surface area is 192 Å². The molecule has 1 saturated carbocycles. The molecule has 5 nitrogen and oxygen atoms in total. The highest BCUT2D eigenvalue weighted by molar-refractivity contribution is 6.17. The first kappa shape index (κ1) is 24.1. The van der Waals surface area contributed by atoms with Crippen molar-refractivity contribution in [3.05, 3.63) is 53.6 Å². The topological polar surface area (TPSA) is 64.6 Å². The normalized spacial score (nSPS) is 25.6. The standard InChI is InChI=1S/C27H37NO4/c1-16(2)22-12-17(3)18(4)13-24(22)31-25(29)23-15-20(28-26(30)32-27(5,6)7)14-19-10-8-9-11-21(19)23/h8-11,15-16,18,20,22,24H,3,12-14H2,1-2,4-7H3,(H,28,30)/t18?,20-,22-,24?/m0/s1. The number of rotatable bonds is 4. The molecule has 1 aromatic rings. The Morgan fingerprint density at radius 3 is 2.50 bits per heavy atom. The summed E-state index contributed by atoms with van der Waals surface area (Å²) in [5.74, 6) is 0.657. The summed E-state index contributed by atoms with van der Waals surface area (Å²) in [6.45, 7) is 16.2. The molecule has 4 atom stereocenters. The van der Waals surface area contributed by atoms with E-state index in [0.29, 0.717) is 23.8 Å². The zero-order chi connectivity index (χ0) is 23.6. The predicted molar refractivity (Wildman–Crippen MR) is 127 cm³/mol. The maximum Gasteiger partial charge on any atom is 0.408 e. The van der Waals surface area contributed by atoms with E-state index in [9.17, 15) is 9.59 Å². The molecule has 1 amide bonds. The van der Waals surface area contributed by atoms with Gasteiger partial charge in [-0.25, -0.2) is 9.59 Å². The van der Waals surface area contributed by atoms with Crippen LogP contribution in [0.3, 0.4) is 0 Å². The van der Waals surface area contributed by atoms with Crippen molar-refractivity contribution in [2.75, 3.05) is 0 Å². The maximum absolute atomic E-state index is 13.4. The molecule has 2 aliphatic rings. The maximum atomic E-state index is 13.4. The highest BCUT2D eigenvalue weighted by Gasteiger charge is 2.36. The van der Waals surface area contributed by atoms with E-state index >= 15 is 0 Å². The lowest BCUT2D eigenvalue weighted by molar-refractivity contribution is -0.147. The summed E-state index contributed by atoms with van der Waals surface area (Å²) < 4.78 is 11.5. The van der Waals surface area contributed by atoms with Gasteiger partial charge < -0.3 is 14.8 Å². The van der Waals surface area contributed by atoms with Gasteiger partial charge in [-0.15, -0.1) is 0 Å². The average molecular weight is 440 g/mol. The monoisotopic (exact) mass is 439 g/mol. The lowest BCUT2D eigenvalue weighted by atomic mass is 9.73. The summed E-state index contributed by atoms with van der Waals surface area (Å²) in [4.78, 5) is 25.7. The number of esters is 1. The lowest BCUT2D eigenvalue weighted by Gasteiger charge is -2.38. The van der Waals surface area contributed by atoms with Gasteiger partial charge in [-0.2, -0.15) is 0 Å². The molecule has 1 N–H and O–H groups in total. The number of hydrogen-bond donors (Lipinski definition) is 1. The van der Waals surface area contributed by atoms with E-state index in [2.05, 4.69) is 32.7 Å². The van der Waals surface area contributed by atoms with Crippen LogP contribution in [0, 0.1) is 17.8 Å². The van der Waals surface area contributed by atoms with Crippen molar-refractivity contribution in [2.24, 2.45) is 17.8 Å². The van der Waals surface area contributed by atoms with Crippen molar-refractivity contribution in [1.29, 1.82) is 0 Å². The zero-order valence-electron chi connectivity index (χ0n) is 20.2. The number of benzene rings is 1. The fourth-order valence-corrected chi connectivity index (χ4v) is 4.60. The Morgan fingerprint density at radius 1 is 1.16 bits per heavy atom. The highest BCUT2D eigenvalue weighted by Crippen LogP contribution is 2.39. The van der Waals surface area contributed by atoms with Gasteiger partial charge in [0.25, 0.3) is 0 Å². The number of carbonyl (C=O) groups is 2. The zero-order valence-corrected chi connectivity index (χ0v) is 20.2. The first-order valence-corrected chi connectivity index (χ1v) is 11.6. The second-order valence-corrected chi connectivity index (χ2v) is 10.5. The van der Waals surface area contributed by atoms with Gasteiger partial charge in [0.15, 0.2) is 0 Å². The third kappa shape index (κ3) is 5.81. The molecule has 0 spiro atoms. The fourth-order valence-electron chi connectivity index (χ4n) is 4.60. The van der Waals surface area contributed by atoms with Crippen LogP contribution in [0.2, 0.25) is 0 Å². The van der Waals surface area contributed by atoms with Crippen LogP contribution in [0.25, 0.3) is 5.57 Å². The van der Waals surface area contributed by atoms with Crippen LogP contribution < -0.4 is 5.32 Å². The molecule has 0 heterocycles. The summed E-state index contributed by atoms with van der Waals surface area (Å²) >= 11 is 0. The third-order valence-electron chi connectivity index (χ3n) is 6.41. The van der Waals surface area contributed by atoms with Gasteiger partial charge in [-0.05, 0) is 69.1 Å². The number of alkyl carbamates (subject to hydrolysis) is 1. The van der Waals surface area contributed by atoms with Gasteiger partial charge >= 0.3 is 12.1 Å². The van der Waals surface area contributed by atoms with Gasteiger partial charge in [0.1, 0.15) is 11.7 Å². The van der Waals surface area contributed by atoms with Crippen molar-refractivity contribution in [2.45, 2.75) is 78.6 Å². The van der Waals surface area contributed by atoms with E-state index in [-0.39, 0.29) is 24.0 Å². The van der Waals surface area contributed by atoms with Crippen LogP contribution >= 0.6 is 0 Å². The molecule has 32 heavy (non-hydrogen) atoms. The first-order chi connectivity index (χ1) is 14.9. The van der Waals surface area contributed by atoms with Gasteiger partial charge in [0, 0.05) is 5.92 Å². The van der Waals surface area contributed by atoms with Crippen LogP contribution in [0.1, 0.15) is 65.5 Å². The Bertz CT molecular complexity index is 908. The van der Waals surface area contributed by atoms with Gasteiger partial charge in [0.05, 0.1) is 11.6 Å². The van der Waals surface area contributed by atoms with Crippen molar-refractivity contribution in [1.82, 2.24) is 5.32 Å². The average Bonchev–Trinajstić information content (AvgIpc) is 2.68. The molecular weight excluding hydrogens is 402 g/mol. The summed E-state index contributed by atoms with van der Waals surface area (Å²) in [5.41, 5.74) is 3.03. The molecule has 2 aliphatic carbocycles. The molecule has 174 valence electrons. The van der Waals surface area contributed by atoms with E-state index in [0.717, 1.165) is 24.0 Å². The second-order valence-electron chi connectivity index (χ2n) is 10.5. The molecule has 2 unspecified atom stereocenters. The molecule has 0 saturated heterocycles. The van der Waals surface area contributed by atoms with Gasteiger partial charge in [0.2, 0.25) is 0 Å². The largest absolute Gasteiger partial charge is 0.458 e. The van der Waals surface area contributed by atoms with Crippen molar-refractivity contribution in [3.63, 3.8) is 0 Å². The molecule has 5 heteroatoms. The molecule has 0 aliphatic heterocycles. The molecule has 0 radical (unpaired) electrons. The summed E-state index contributed by atoms with van der Waals surface area (Å²) in [5, 5.41) is 2.89. The number of amides is 1. The number of fused-ring (bicyclic) bond motifs is 1. The van der Waals surface area contributed by atoms with Crippen LogP contribution in [0.4, 0.5) is 4.79 Å². The quantitative estimate of drug-likeness (QED) is 0.483. The summed E-state index contributed by atoms with van der Waals surface area (Å²) in [6.07, 6.45) is 3.45. The second kappa shape index (κ2) is 9.51. The van der Waals surface area contributed by atoms with Crippen LogP contribution in [-0.4, -0.2) is 29.8 Å². The molecule has 1 aromatic carbocycles. The SMILES string of the molecule is C=C1C[C@@H](C(C)C)C(OC(=O)C2=C[C@@H](NC(=O)OC(C)(C)C)Cc3ccccc32)CC1C. The van der Waals surface area contributed by atoms with E-state index < -0.39 is 11.7 Å². The van der Waals surface area contributed by atoms with E-state index in [1.54, 1.807) is 0 Å². The first-order valence-electron chi connectivity index (χ1n) is 11.6. The van der Waals surface area contributed by atoms with E-state index in [1.807, 2.05) is 51.1 Å². The summed E-state index contributed by atoms with van der Waals surface area (Å²) in [6, 6.07) is 7.46. The van der Waals surface area contributed by atoms with Crippen molar-refractivity contribution in [3.8, 4) is 0 Å². The number of allylic oxidation sites excluding steroid dienone is 1. The number of nitrogens with one attached hydrogen (secondary N) is 1. The smallest absolute Gasteiger partial charge is 0.408 e. The Kier molecular flexibility index (Phi) is 7.16.